The molecule has 2 aliphatic heterocycles. The molecule has 0 spiro atoms. The third kappa shape index (κ3) is 5.53. The van der Waals surface area contributed by atoms with Crippen molar-refractivity contribution >= 4 is 57.8 Å². The first kappa shape index (κ1) is 24.7. The zero-order valence-corrected chi connectivity index (χ0v) is 19.8. The van der Waals surface area contributed by atoms with Gasteiger partial charge in [0.2, 0.25) is 0 Å². The highest BCUT2D eigenvalue weighted by Gasteiger charge is 2.54. The van der Waals surface area contributed by atoms with Crippen LogP contribution in [0.1, 0.15) is 45.4 Å². The molecule has 1 aromatic heterocycles. The van der Waals surface area contributed by atoms with E-state index in [0.29, 0.717) is 12.0 Å². The minimum atomic E-state index is -1.29. The summed E-state index contributed by atoms with van der Waals surface area (Å²) in [6.07, 6.45) is 5.30. The van der Waals surface area contributed by atoms with Crippen LogP contribution in [0.5, 0.6) is 0 Å². The Balaban J connectivity index is 1.76. The van der Waals surface area contributed by atoms with Gasteiger partial charge in [0.05, 0.1) is 5.57 Å². The third-order valence-corrected chi connectivity index (χ3v) is 6.95. The minimum absolute atomic E-state index is 0.196. The van der Waals surface area contributed by atoms with Crippen molar-refractivity contribution in [1.29, 1.82) is 0 Å². The Morgan fingerprint density at radius 3 is 2.73 bits per heavy atom. The number of anilines is 1. The molecule has 1 unspecified atom stereocenters. The largest absolute Gasteiger partial charge is 0.477 e. The molecule has 13 heteroatoms. The number of rotatable bonds is 10. The molecule has 0 radical (unpaired) electrons. The van der Waals surface area contributed by atoms with Gasteiger partial charge in [-0.15, -0.1) is 11.8 Å². The highest BCUT2D eigenvalue weighted by Crippen LogP contribution is 2.40. The molecule has 3 heterocycles. The van der Waals surface area contributed by atoms with Gasteiger partial charge >= 0.3 is 11.9 Å². The predicted molar refractivity (Wildman–Crippen MR) is 123 cm³/mol. The summed E-state index contributed by atoms with van der Waals surface area (Å²) in [6, 6.07) is -0.901. The summed E-state index contributed by atoms with van der Waals surface area (Å²) >= 11 is 2.26. The predicted octanol–water partition coefficient (Wildman–Crippen LogP) is 1.39. The van der Waals surface area contributed by atoms with Gasteiger partial charge in [-0.2, -0.15) is 9.36 Å². The van der Waals surface area contributed by atoms with E-state index >= 15 is 0 Å². The number of β-lactam (4-membered cyclic amide) rings is 1. The fourth-order valence-electron chi connectivity index (χ4n) is 3.47. The number of thioether (sulfide) groups is 1. The van der Waals surface area contributed by atoms with Gasteiger partial charge in [-0.1, -0.05) is 25.8 Å². The molecular weight excluding hydrogens is 470 g/mol. The highest BCUT2D eigenvalue weighted by molar-refractivity contribution is 8.00. The van der Waals surface area contributed by atoms with Gasteiger partial charge in [0.25, 0.3) is 11.8 Å². The summed E-state index contributed by atoms with van der Waals surface area (Å²) in [5.74, 6) is -2.46. The van der Waals surface area contributed by atoms with E-state index in [1.807, 2.05) is 0 Å². The van der Waals surface area contributed by atoms with Gasteiger partial charge in [0, 0.05) is 29.8 Å². The molecule has 3 rings (SSSR count). The third-order valence-electron chi connectivity index (χ3n) is 5.07. The second-order valence-electron chi connectivity index (χ2n) is 7.47. The van der Waals surface area contributed by atoms with Crippen molar-refractivity contribution < 1.29 is 29.0 Å². The molecule has 178 valence electrons. The van der Waals surface area contributed by atoms with Crippen molar-refractivity contribution in [2.75, 3.05) is 18.1 Å². The number of carboxylic acid groups (broad SMARTS) is 1. The van der Waals surface area contributed by atoms with E-state index in [1.54, 1.807) is 6.08 Å². The molecule has 1 saturated heterocycles. The molecule has 0 aliphatic carbocycles. The minimum Gasteiger partial charge on any atom is -0.477 e. The van der Waals surface area contributed by atoms with Crippen molar-refractivity contribution in [2.45, 2.75) is 50.9 Å². The molecule has 0 saturated carbocycles. The van der Waals surface area contributed by atoms with Gasteiger partial charge in [-0.05, 0) is 12.8 Å². The number of aliphatic carboxylic acids is 1. The number of nitrogens with two attached hydrogens (primary N) is 1. The number of carbonyl (C=O) groups excluding carboxylic acids is 3. The van der Waals surface area contributed by atoms with Crippen LogP contribution in [0.4, 0.5) is 5.13 Å². The first-order valence-corrected chi connectivity index (χ1v) is 12.2. The molecule has 1 fully saturated rings. The summed E-state index contributed by atoms with van der Waals surface area (Å²) in [4.78, 5) is 54.0. The van der Waals surface area contributed by atoms with E-state index in [4.69, 9.17) is 10.5 Å². The average Bonchev–Trinajstić information content (AvgIpc) is 3.20. The topological polar surface area (TPSA) is 165 Å². The van der Waals surface area contributed by atoms with Crippen LogP contribution in [0.2, 0.25) is 0 Å². The van der Waals surface area contributed by atoms with Crippen LogP contribution in [0, 0.1) is 0 Å². The number of carboxylic acids is 1. The zero-order valence-electron chi connectivity index (χ0n) is 18.2. The Labute approximate surface area is 198 Å². The molecule has 0 aromatic carbocycles. The Morgan fingerprint density at radius 1 is 1.36 bits per heavy atom. The summed E-state index contributed by atoms with van der Waals surface area (Å²) in [6.45, 7) is 3.09. The van der Waals surface area contributed by atoms with Crippen LogP contribution >= 0.6 is 23.3 Å². The number of nitrogen functional groups attached to an aromatic ring is 1. The number of ether oxygens (including phenoxy) is 1. The lowest BCUT2D eigenvalue weighted by Gasteiger charge is -2.49. The van der Waals surface area contributed by atoms with Gasteiger partial charge in [-0.25, -0.2) is 4.79 Å². The van der Waals surface area contributed by atoms with Crippen LogP contribution in [0.3, 0.4) is 0 Å². The van der Waals surface area contributed by atoms with E-state index in [9.17, 15) is 24.3 Å². The molecule has 33 heavy (non-hydrogen) atoms. The van der Waals surface area contributed by atoms with E-state index < -0.39 is 35.2 Å². The average molecular weight is 496 g/mol. The number of carbonyl (C=O) groups is 4. The number of fused-ring (bicyclic) bond motifs is 1. The standard InChI is InChI=1S/C20H25N5O6S2/c1-3-4-5-6-7-12(15-23-20(21)33-24-15)16(27)22-13-17(28)25-14(19(29)30)11(8-31-10(2)26)9-32-18(13)25/h7,13,18H,3-6,8-9H2,1-2H3,(H,22,27)(H,29,30)(H2,21,23,24)/b12-7-/t13?,18-/m0/s1. The molecular formula is C20H25N5O6S2. The Bertz CT molecular complexity index is 1020. The number of nitrogens with one attached hydrogen (secondary N) is 1. The summed E-state index contributed by atoms with van der Waals surface area (Å²) < 4.78 is 9.04. The van der Waals surface area contributed by atoms with E-state index in [0.717, 1.165) is 35.7 Å². The van der Waals surface area contributed by atoms with Crippen LogP contribution in [-0.2, 0) is 23.9 Å². The van der Waals surface area contributed by atoms with E-state index in [2.05, 4.69) is 21.6 Å². The number of nitrogens with zero attached hydrogens (tertiary/aromatic N) is 3. The lowest BCUT2D eigenvalue weighted by Crippen LogP contribution is -2.70. The fourth-order valence-corrected chi connectivity index (χ4v) is 5.25. The van der Waals surface area contributed by atoms with Gasteiger partial charge in [-0.3, -0.25) is 19.3 Å². The van der Waals surface area contributed by atoms with Crippen molar-refractivity contribution in [2.24, 2.45) is 0 Å². The van der Waals surface area contributed by atoms with Crippen LogP contribution < -0.4 is 11.1 Å². The molecule has 1 aromatic rings. The number of unbranched alkanes of at least 4 members (excludes halogenated alkanes) is 3. The van der Waals surface area contributed by atoms with Crippen LogP contribution in [-0.4, -0.2) is 66.9 Å². The van der Waals surface area contributed by atoms with Crippen molar-refractivity contribution in [1.82, 2.24) is 19.6 Å². The van der Waals surface area contributed by atoms with Crippen molar-refractivity contribution in [3.63, 3.8) is 0 Å². The maximum absolute atomic E-state index is 13.0. The summed E-state index contributed by atoms with van der Waals surface area (Å²) in [5.41, 5.74) is 6.02. The SMILES string of the molecule is CCCCC/C=C(\C(=O)NC1C(=O)N2C(C(=O)O)=C(COC(C)=O)CS[C@@H]12)c1nsc(N)n1. The molecule has 0 bridgehead atoms. The quantitative estimate of drug-likeness (QED) is 0.187. The normalized spacial score (nSPS) is 20.2. The second kappa shape index (κ2) is 10.8. The van der Waals surface area contributed by atoms with Crippen LogP contribution in [0.25, 0.3) is 5.57 Å². The van der Waals surface area contributed by atoms with Gasteiger partial charge in [0.1, 0.15) is 23.7 Å². The molecule has 4 N–H and O–H groups in total. The Hall–Kier alpha value is -2.93. The first-order valence-electron chi connectivity index (χ1n) is 10.4. The Kier molecular flexibility index (Phi) is 8.08. The molecule has 11 nitrogen and oxygen atoms in total. The fraction of sp³-hybridized carbons (Fsp3) is 0.500. The number of hydrogen-bond acceptors (Lipinski definition) is 10. The second-order valence-corrected chi connectivity index (χ2v) is 9.36. The van der Waals surface area contributed by atoms with Gasteiger partial charge < -0.3 is 20.9 Å². The van der Waals surface area contributed by atoms with Crippen molar-refractivity contribution in [3.05, 3.63) is 23.2 Å². The molecule has 2 atom stereocenters. The maximum Gasteiger partial charge on any atom is 0.352 e. The maximum atomic E-state index is 13.0. The highest BCUT2D eigenvalue weighted by atomic mass is 32.2. The van der Waals surface area contributed by atoms with Gasteiger partial charge in [0.15, 0.2) is 11.0 Å². The van der Waals surface area contributed by atoms with E-state index in [1.165, 1.54) is 18.7 Å². The van der Waals surface area contributed by atoms with E-state index in [-0.39, 0.29) is 34.6 Å². The van der Waals surface area contributed by atoms with Crippen LogP contribution in [0.15, 0.2) is 17.3 Å². The molecule has 2 amide bonds. The monoisotopic (exact) mass is 495 g/mol. The lowest BCUT2D eigenvalue weighted by atomic mass is 10.0. The zero-order chi connectivity index (χ0) is 24.1. The van der Waals surface area contributed by atoms with Crippen molar-refractivity contribution in [3.8, 4) is 0 Å². The lowest BCUT2D eigenvalue weighted by molar-refractivity contribution is -0.150. The Morgan fingerprint density at radius 2 is 2.12 bits per heavy atom. The number of allylic oxidation sites excluding steroid dienone is 1. The number of hydrogen-bond donors (Lipinski definition) is 3. The number of esters is 1. The summed E-state index contributed by atoms with van der Waals surface area (Å²) in [7, 11) is 0. The summed E-state index contributed by atoms with van der Waals surface area (Å²) in [5, 5.41) is 12.0. The first-order chi connectivity index (χ1) is 15.7. The smallest absolute Gasteiger partial charge is 0.352 e. The molecule has 2 aliphatic rings. The number of amides is 2. The number of aromatic nitrogens is 2.